The van der Waals surface area contributed by atoms with Gasteiger partial charge in [-0.3, -0.25) is 38.8 Å². The Kier molecular flexibility index (Phi) is 21.0. The Balaban J connectivity index is 1.98. The van der Waals surface area contributed by atoms with Crippen LogP contribution < -0.4 is 4.74 Å². The van der Waals surface area contributed by atoms with Gasteiger partial charge in [0.2, 0.25) is 6.17 Å². The van der Waals surface area contributed by atoms with Crippen LogP contribution in [0.2, 0.25) is 0 Å². The van der Waals surface area contributed by atoms with E-state index in [0.29, 0.717) is 5.56 Å². The van der Waals surface area contributed by atoms with Crippen molar-refractivity contribution in [3.63, 3.8) is 0 Å². The lowest BCUT2D eigenvalue weighted by atomic mass is 10.0. The van der Waals surface area contributed by atoms with Crippen LogP contribution in [0.15, 0.2) is 54.6 Å². The van der Waals surface area contributed by atoms with Gasteiger partial charge in [0.15, 0.2) is 0 Å². The predicted molar refractivity (Wildman–Crippen MR) is 222 cm³/mol. The Morgan fingerprint density at radius 2 is 1.16 bits per heavy atom. The number of carbonyl (C=O) groups is 4. The number of aliphatic carboxylic acids is 1. The fourth-order valence-electron chi connectivity index (χ4n) is 6.61. The number of ether oxygens (including phenoxy) is 5. The standard InChI is InChI=1S/C44H64F4N4O10/c1-8-59-42(57)34(26-31-14-16-33(17-15-31)60-40(48)38(45)39(46)47)51-22-18-49(27-36(53)61-43(2,3)4)20-24-52(25-21-50(19-23-51)28-37(54)62-44(5,6)7)35(41(55)56)30-58-29-32-12-10-9-11-13-32/h9-17,34-35,38-40H,8,18-30H2,1-7H3,(H,55,56)/t34?,35-,38?,40?/m0/s1. The third-order valence-electron chi connectivity index (χ3n) is 9.56. The van der Waals surface area contributed by atoms with E-state index in [2.05, 4.69) is 0 Å². The van der Waals surface area contributed by atoms with Crippen molar-refractivity contribution in [1.29, 1.82) is 0 Å². The summed E-state index contributed by atoms with van der Waals surface area (Å²) in [7, 11) is 0. The second-order valence-corrected chi connectivity index (χ2v) is 17.0. The molecule has 3 rings (SSSR count). The molecular formula is C44H64F4N4O10. The molecule has 0 aromatic heterocycles. The molecular weight excluding hydrogens is 820 g/mol. The number of carbonyl (C=O) groups excluding carboxylic acids is 3. The minimum Gasteiger partial charge on any atom is -0.480 e. The summed E-state index contributed by atoms with van der Waals surface area (Å²) in [6, 6.07) is 12.9. The number of benzene rings is 2. The highest BCUT2D eigenvalue weighted by atomic mass is 19.3. The van der Waals surface area contributed by atoms with Crippen LogP contribution in [-0.2, 0) is 51.2 Å². The summed E-state index contributed by atoms with van der Waals surface area (Å²) in [6.45, 7) is 13.6. The summed E-state index contributed by atoms with van der Waals surface area (Å²) < 4.78 is 80.4. The average molecular weight is 885 g/mol. The van der Waals surface area contributed by atoms with Gasteiger partial charge in [-0.05, 0) is 78.1 Å². The molecule has 0 bridgehead atoms. The van der Waals surface area contributed by atoms with Crippen molar-refractivity contribution in [3.05, 3.63) is 65.7 Å². The lowest BCUT2D eigenvalue weighted by Gasteiger charge is -2.37. The van der Waals surface area contributed by atoms with E-state index in [4.69, 9.17) is 23.7 Å². The van der Waals surface area contributed by atoms with Gasteiger partial charge in [0.05, 0.1) is 32.9 Å². The van der Waals surface area contributed by atoms with Gasteiger partial charge in [-0.1, -0.05) is 42.5 Å². The van der Waals surface area contributed by atoms with Crippen molar-refractivity contribution in [3.8, 4) is 5.75 Å². The van der Waals surface area contributed by atoms with Crippen molar-refractivity contribution in [2.75, 3.05) is 78.7 Å². The summed E-state index contributed by atoms with van der Waals surface area (Å²) in [5.41, 5.74) is -0.117. The molecule has 1 aliphatic heterocycles. The molecule has 348 valence electrons. The van der Waals surface area contributed by atoms with Gasteiger partial charge < -0.3 is 28.8 Å². The van der Waals surface area contributed by atoms with Crippen LogP contribution in [0.4, 0.5) is 17.6 Å². The van der Waals surface area contributed by atoms with Crippen LogP contribution in [0.5, 0.6) is 5.75 Å². The summed E-state index contributed by atoms with van der Waals surface area (Å²) in [4.78, 5) is 60.4. The summed E-state index contributed by atoms with van der Waals surface area (Å²) in [6.07, 6.45) is -9.53. The molecule has 3 unspecified atom stereocenters. The molecule has 0 spiro atoms. The topological polar surface area (TPSA) is 148 Å². The number of hydrogen-bond acceptors (Lipinski definition) is 13. The Labute approximate surface area is 362 Å². The predicted octanol–water partition coefficient (Wildman–Crippen LogP) is 5.01. The minimum absolute atomic E-state index is 0.0630. The SMILES string of the molecule is CCOC(=O)C(Cc1ccc(OC(F)C(F)C(F)F)cc1)N1CCN(CC(=O)OC(C)(C)C)CCN([C@@H](COCc2ccccc2)C(=O)O)CCN(CC(=O)OC(C)(C)C)CC1. The Morgan fingerprint density at radius 1 is 0.677 bits per heavy atom. The van der Waals surface area contributed by atoms with Gasteiger partial charge in [-0.25, -0.2) is 13.2 Å². The van der Waals surface area contributed by atoms with E-state index in [1.165, 1.54) is 24.3 Å². The van der Waals surface area contributed by atoms with Gasteiger partial charge in [0.1, 0.15) is 29.0 Å². The molecule has 1 saturated heterocycles. The fraction of sp³-hybridized carbons (Fsp3) is 0.636. The van der Waals surface area contributed by atoms with Crippen LogP contribution in [0.3, 0.4) is 0 Å². The number of hydrogen-bond donors (Lipinski definition) is 1. The molecule has 0 radical (unpaired) electrons. The third kappa shape index (κ3) is 19.4. The van der Waals surface area contributed by atoms with Crippen LogP contribution in [-0.4, -0.2) is 169 Å². The molecule has 1 heterocycles. The zero-order valence-corrected chi connectivity index (χ0v) is 36.9. The van der Waals surface area contributed by atoms with E-state index in [1.54, 1.807) is 53.4 Å². The number of halogens is 4. The minimum atomic E-state index is -3.57. The third-order valence-corrected chi connectivity index (χ3v) is 9.56. The number of rotatable bonds is 19. The van der Waals surface area contributed by atoms with Crippen LogP contribution >= 0.6 is 0 Å². The molecule has 1 aliphatic rings. The second kappa shape index (κ2) is 25.1. The first-order valence-electron chi connectivity index (χ1n) is 20.8. The van der Waals surface area contributed by atoms with Crippen molar-refractivity contribution in [2.45, 2.75) is 104 Å². The van der Waals surface area contributed by atoms with Crippen molar-refractivity contribution in [2.24, 2.45) is 0 Å². The second-order valence-electron chi connectivity index (χ2n) is 17.0. The molecule has 2 aromatic carbocycles. The van der Waals surface area contributed by atoms with Crippen molar-refractivity contribution >= 4 is 23.9 Å². The van der Waals surface area contributed by atoms with Crippen molar-refractivity contribution < 1.29 is 65.5 Å². The van der Waals surface area contributed by atoms with Crippen LogP contribution in [0, 0.1) is 0 Å². The largest absolute Gasteiger partial charge is 0.480 e. The molecule has 0 saturated carbocycles. The maximum atomic E-state index is 14.0. The maximum absolute atomic E-state index is 14.0. The normalized spacial score (nSPS) is 17.8. The summed E-state index contributed by atoms with van der Waals surface area (Å²) >= 11 is 0. The fourth-order valence-corrected chi connectivity index (χ4v) is 6.61. The highest BCUT2D eigenvalue weighted by Gasteiger charge is 2.34. The first kappa shape index (κ1) is 52.0. The van der Waals surface area contributed by atoms with Gasteiger partial charge >= 0.3 is 23.9 Å². The lowest BCUT2D eigenvalue weighted by Crippen LogP contribution is -2.54. The molecule has 0 amide bonds. The molecule has 1 N–H and O–H groups in total. The zero-order chi connectivity index (χ0) is 46.0. The van der Waals surface area contributed by atoms with E-state index >= 15 is 0 Å². The Hall–Kier alpha value is -4.36. The monoisotopic (exact) mass is 884 g/mol. The van der Waals surface area contributed by atoms with E-state index in [-0.39, 0.29) is 97.4 Å². The first-order chi connectivity index (χ1) is 29.1. The quantitative estimate of drug-likeness (QED) is 0.115. The summed E-state index contributed by atoms with van der Waals surface area (Å²) in [5.74, 6) is -2.86. The van der Waals surface area contributed by atoms with Crippen molar-refractivity contribution in [1.82, 2.24) is 19.6 Å². The van der Waals surface area contributed by atoms with Gasteiger partial charge in [-0.15, -0.1) is 0 Å². The summed E-state index contributed by atoms with van der Waals surface area (Å²) in [5, 5.41) is 10.5. The van der Waals surface area contributed by atoms with E-state index in [0.717, 1.165) is 5.56 Å². The maximum Gasteiger partial charge on any atom is 0.323 e. The molecule has 1 fully saturated rings. The smallest absolute Gasteiger partial charge is 0.323 e. The number of nitrogens with zero attached hydrogens (tertiary/aromatic N) is 4. The first-order valence-corrected chi connectivity index (χ1v) is 20.8. The molecule has 62 heavy (non-hydrogen) atoms. The Bertz CT molecular complexity index is 1630. The number of carboxylic acids is 1. The van der Waals surface area contributed by atoms with Gasteiger partial charge in [0, 0.05) is 52.4 Å². The molecule has 18 heteroatoms. The molecule has 0 aliphatic carbocycles. The average Bonchev–Trinajstić information content (AvgIpc) is 3.17. The van der Waals surface area contributed by atoms with Gasteiger partial charge in [0.25, 0.3) is 12.8 Å². The van der Waals surface area contributed by atoms with E-state index in [1.807, 2.05) is 45.0 Å². The van der Waals surface area contributed by atoms with Gasteiger partial charge in [-0.2, -0.15) is 4.39 Å². The molecule has 4 atom stereocenters. The number of alkyl halides is 4. The van der Waals surface area contributed by atoms with Crippen LogP contribution in [0.1, 0.15) is 59.6 Å². The number of esters is 3. The molecule has 2 aromatic rings. The van der Waals surface area contributed by atoms with Crippen LogP contribution in [0.25, 0.3) is 0 Å². The lowest BCUT2D eigenvalue weighted by molar-refractivity contribution is -0.157. The number of carboxylic acid groups (broad SMARTS) is 1. The van der Waals surface area contributed by atoms with E-state index in [9.17, 15) is 41.8 Å². The highest BCUT2D eigenvalue weighted by molar-refractivity contribution is 5.76. The van der Waals surface area contributed by atoms with E-state index < -0.39 is 66.1 Å². The highest BCUT2D eigenvalue weighted by Crippen LogP contribution is 2.22. The zero-order valence-electron chi connectivity index (χ0n) is 36.9. The molecule has 14 nitrogen and oxygen atoms in total. The Morgan fingerprint density at radius 3 is 1.60 bits per heavy atom.